The molecule has 2 saturated heterocycles. The molecule has 2 aromatic rings. The van der Waals surface area contributed by atoms with Crippen molar-refractivity contribution in [1.29, 1.82) is 0 Å². The minimum absolute atomic E-state index is 0.340. The summed E-state index contributed by atoms with van der Waals surface area (Å²) in [5.41, 5.74) is 3.75. The van der Waals surface area contributed by atoms with E-state index in [-0.39, 0.29) is 0 Å². The third-order valence-electron chi connectivity index (χ3n) is 5.60. The number of nitrogens with one attached hydrogen (secondary N) is 4. The van der Waals surface area contributed by atoms with E-state index >= 15 is 0 Å². The van der Waals surface area contributed by atoms with Gasteiger partial charge in [-0.15, -0.1) is 0 Å². The Labute approximate surface area is 211 Å². The molecule has 2 atom stereocenters. The van der Waals surface area contributed by atoms with E-state index in [9.17, 15) is 0 Å². The van der Waals surface area contributed by atoms with E-state index in [1.54, 1.807) is 0 Å². The van der Waals surface area contributed by atoms with Crippen LogP contribution >= 0.6 is 0 Å². The predicted molar refractivity (Wildman–Crippen MR) is 120 cm³/mol. The molecule has 8 heteroatoms. The average molecular weight is 766 g/mol. The van der Waals surface area contributed by atoms with Crippen molar-refractivity contribution in [2.24, 2.45) is 0 Å². The zero-order valence-electron chi connectivity index (χ0n) is 17.7. The van der Waals surface area contributed by atoms with Crippen LogP contribution in [0.25, 0.3) is 5.57 Å². The van der Waals surface area contributed by atoms with Crippen molar-refractivity contribution in [2.75, 3.05) is 13.1 Å². The van der Waals surface area contributed by atoms with Crippen LogP contribution in [-0.4, -0.2) is 41.3 Å². The van der Waals surface area contributed by atoms with Crippen molar-refractivity contribution in [3.63, 3.8) is 0 Å². The Morgan fingerprint density at radius 1 is 1.00 bits per heavy atom. The number of hydrogen-bond donors (Lipinski definition) is 4. The van der Waals surface area contributed by atoms with Crippen molar-refractivity contribution in [3.05, 3.63) is 78.0 Å². The Hall–Kier alpha value is -1.58. The summed E-state index contributed by atoms with van der Waals surface area (Å²) in [6.07, 6.45) is 19.4. The molecular weight excluding hydrogens is 740 g/mol. The fourth-order valence-corrected chi connectivity index (χ4v) is 5.21. The molecule has 4 rings (SSSR count). The third kappa shape index (κ3) is 6.05. The van der Waals surface area contributed by atoms with Gasteiger partial charge >= 0.3 is 212 Å². The molecule has 0 aromatic carbocycles. The molecule has 0 saturated carbocycles. The van der Waals surface area contributed by atoms with Crippen LogP contribution in [0.4, 0.5) is 0 Å². The van der Waals surface area contributed by atoms with Gasteiger partial charge in [0.05, 0.1) is 0 Å². The van der Waals surface area contributed by atoms with Crippen molar-refractivity contribution in [1.82, 2.24) is 30.6 Å². The molecule has 4 heterocycles. The van der Waals surface area contributed by atoms with Crippen LogP contribution in [0, 0.1) is 12.7 Å². The molecule has 0 radical (unpaired) electrons. The fourth-order valence-electron chi connectivity index (χ4n) is 3.86. The van der Waals surface area contributed by atoms with E-state index < -0.39 is 0 Å². The van der Waals surface area contributed by atoms with Gasteiger partial charge in [-0.1, -0.05) is 0 Å². The number of allylic oxidation sites excluding steroid dienone is 7. The van der Waals surface area contributed by atoms with Crippen molar-refractivity contribution < 1.29 is 38.7 Å². The quantitative estimate of drug-likeness (QED) is 0.234. The number of hydrogen-bond acceptors (Lipinski definition) is 4. The second-order valence-corrected chi connectivity index (χ2v) is 10.3. The van der Waals surface area contributed by atoms with Crippen LogP contribution in [0.1, 0.15) is 60.8 Å². The summed E-state index contributed by atoms with van der Waals surface area (Å²) in [6, 6.07) is 0.689. The van der Waals surface area contributed by atoms with Gasteiger partial charge in [0, 0.05) is 0 Å². The first-order chi connectivity index (χ1) is 15.6. The van der Waals surface area contributed by atoms with Gasteiger partial charge in [0.15, 0.2) is 0 Å². The average Bonchev–Trinajstić information content (AvgIpc) is 3.60. The normalized spacial score (nSPS) is 21.7. The van der Waals surface area contributed by atoms with E-state index in [4.69, 9.17) is 6.58 Å². The molecule has 2 fully saturated rings. The molecular formula is C24H26N6W2-2. The number of aromatic amines is 2. The summed E-state index contributed by atoms with van der Waals surface area (Å²) in [5, 5.41) is 6.95. The molecule has 4 N–H and O–H groups in total. The van der Waals surface area contributed by atoms with Gasteiger partial charge in [-0.25, -0.2) is 0 Å². The molecule has 32 heavy (non-hydrogen) atoms. The monoisotopic (exact) mass is 766 g/mol. The van der Waals surface area contributed by atoms with Gasteiger partial charge < -0.3 is 0 Å². The topological polar surface area (TPSA) is 81.4 Å². The Bertz CT molecular complexity index is 1060. The van der Waals surface area contributed by atoms with E-state index in [1.807, 2.05) is 36.7 Å². The zero-order valence-corrected chi connectivity index (χ0v) is 23.6. The summed E-state index contributed by atoms with van der Waals surface area (Å²) in [6.45, 7) is 8.27. The van der Waals surface area contributed by atoms with Crippen molar-refractivity contribution in [3.8, 4) is 0 Å². The molecule has 2 aliphatic heterocycles. The van der Waals surface area contributed by atoms with Gasteiger partial charge in [-0.2, -0.15) is 0 Å². The first-order valence-electron chi connectivity index (χ1n) is 10.8. The number of nitrogens with zero attached hydrogens (tertiary/aromatic N) is 2. The summed E-state index contributed by atoms with van der Waals surface area (Å²) >= 11 is 2.74. The predicted octanol–water partition coefficient (Wildman–Crippen LogP) is 2.76. The third-order valence-corrected chi connectivity index (χ3v) is 7.79. The SMILES string of the molecule is [CH-]=C([C-]=C/C=C(\[CH]=[W])c1cnc(C2CCCN2)[nH]1)/C=C\[C](=[W])c1cnc(C2CCCN2)[nH]1. The summed E-state index contributed by atoms with van der Waals surface area (Å²) in [5.74, 6) is 2.04. The molecule has 0 spiro atoms. The van der Waals surface area contributed by atoms with Crippen LogP contribution in [0.3, 0.4) is 0 Å². The Kier molecular flexibility index (Phi) is 8.48. The Morgan fingerprint density at radius 3 is 2.22 bits per heavy atom. The molecule has 2 aromatic heterocycles. The van der Waals surface area contributed by atoms with E-state index in [0.29, 0.717) is 17.7 Å². The van der Waals surface area contributed by atoms with Gasteiger partial charge in [-0.3, -0.25) is 0 Å². The zero-order chi connectivity index (χ0) is 22.3. The molecule has 166 valence electrons. The maximum atomic E-state index is 6.14. The molecule has 2 unspecified atom stereocenters. The molecule has 0 amide bonds. The van der Waals surface area contributed by atoms with Crippen LogP contribution in [-0.2, 0) is 38.7 Å². The molecule has 0 bridgehead atoms. The number of H-pyrrole nitrogens is 2. The fraction of sp³-hybridized carbons (Fsp3) is 0.333. The second kappa shape index (κ2) is 11.5. The minimum atomic E-state index is 0.340. The van der Waals surface area contributed by atoms with Crippen molar-refractivity contribution in [2.45, 2.75) is 37.8 Å². The summed E-state index contributed by atoms with van der Waals surface area (Å²) in [4.78, 5) is 16.0. The van der Waals surface area contributed by atoms with Gasteiger partial charge in [0.25, 0.3) is 0 Å². The molecule has 0 aliphatic carbocycles. The van der Waals surface area contributed by atoms with E-state index in [1.165, 1.54) is 55.4 Å². The standard InChI is InChI=1S/C24H26N6.2W/c1-17(8-4-10-19-15-27-23(29-19)20-11-5-13-25-20)7-3-9-18(2)22-16-28-24(30-22)21-12-6-14-26-21;;/h1-4,8-9,15-16,20-21,25-26H,5-6,11-14H2,(H,27,29)(H,28,30);;/q-2;;/b8-4-,18-9+;;. The first-order valence-corrected chi connectivity index (χ1v) is 14.0. The van der Waals surface area contributed by atoms with Crippen LogP contribution < -0.4 is 10.6 Å². The van der Waals surface area contributed by atoms with E-state index in [2.05, 4.69) is 41.0 Å². The Morgan fingerprint density at radius 2 is 1.62 bits per heavy atom. The van der Waals surface area contributed by atoms with Gasteiger partial charge in [0.1, 0.15) is 0 Å². The maximum absolute atomic E-state index is 6.14. The number of rotatable bonds is 9. The second-order valence-electron chi connectivity index (χ2n) is 7.87. The van der Waals surface area contributed by atoms with Crippen LogP contribution in [0.5, 0.6) is 0 Å². The van der Waals surface area contributed by atoms with E-state index in [0.717, 1.165) is 54.5 Å². The molecule has 2 aliphatic rings. The van der Waals surface area contributed by atoms with Crippen LogP contribution in [0.15, 0.2) is 42.3 Å². The Balaban J connectivity index is 1.33. The molecule has 6 nitrogen and oxygen atoms in total. The summed E-state index contributed by atoms with van der Waals surface area (Å²) < 4.78 is 3.30. The van der Waals surface area contributed by atoms with Gasteiger partial charge in [-0.05, 0) is 0 Å². The first kappa shape index (κ1) is 23.6. The van der Waals surface area contributed by atoms with Crippen LogP contribution in [0.2, 0.25) is 0 Å². The number of aromatic nitrogens is 4. The van der Waals surface area contributed by atoms with Gasteiger partial charge in [0.2, 0.25) is 0 Å². The number of imidazole rings is 2. The van der Waals surface area contributed by atoms with Crippen molar-refractivity contribution >= 4 is 13.9 Å². The summed E-state index contributed by atoms with van der Waals surface area (Å²) in [7, 11) is 0.